The molecule has 5 nitrogen and oxygen atoms in total. The molecule has 0 fully saturated rings. The van der Waals surface area contributed by atoms with Crippen molar-refractivity contribution in [1.29, 1.82) is 0 Å². The van der Waals surface area contributed by atoms with Crippen molar-refractivity contribution in [3.63, 3.8) is 0 Å². The van der Waals surface area contributed by atoms with Crippen molar-refractivity contribution in [2.45, 2.75) is 6.92 Å². The summed E-state index contributed by atoms with van der Waals surface area (Å²) in [6.07, 6.45) is 0. The number of carbonyl (C=O) groups excluding carboxylic acids is 1. The Morgan fingerprint density at radius 2 is 2.10 bits per heavy atom. The first-order valence-electron chi connectivity index (χ1n) is 5.97. The third-order valence-corrected chi connectivity index (χ3v) is 3.56. The van der Waals surface area contributed by atoms with Gasteiger partial charge in [0.15, 0.2) is 5.82 Å². The molecule has 0 spiro atoms. The van der Waals surface area contributed by atoms with Gasteiger partial charge in [-0.1, -0.05) is 35.5 Å². The minimum atomic E-state index is -0.293. The van der Waals surface area contributed by atoms with Crippen molar-refractivity contribution in [2.75, 3.05) is 5.32 Å². The van der Waals surface area contributed by atoms with Crippen LogP contribution in [0.4, 0.5) is 5.82 Å². The number of hydrogen-bond donors (Lipinski definition) is 1. The highest BCUT2D eigenvalue weighted by atomic mass is 32.1. The van der Waals surface area contributed by atoms with Gasteiger partial charge in [-0.25, -0.2) is 4.98 Å². The van der Waals surface area contributed by atoms with Crippen molar-refractivity contribution >= 4 is 23.1 Å². The lowest BCUT2D eigenvalue weighted by Crippen LogP contribution is -2.13. The molecule has 1 aromatic carbocycles. The minimum absolute atomic E-state index is 0.293. The number of carbonyl (C=O) groups is 1. The van der Waals surface area contributed by atoms with Gasteiger partial charge in [-0.3, -0.25) is 4.79 Å². The number of nitrogens with one attached hydrogen (secondary N) is 1. The fourth-order valence-electron chi connectivity index (χ4n) is 1.80. The molecular formula is C14H11N3O2S. The molecule has 3 aromatic rings. The quantitative estimate of drug-likeness (QED) is 0.801. The zero-order valence-electron chi connectivity index (χ0n) is 10.7. The molecule has 100 valence electrons. The molecule has 0 unspecified atom stereocenters. The third kappa shape index (κ3) is 2.46. The van der Waals surface area contributed by atoms with E-state index in [2.05, 4.69) is 15.5 Å². The maximum Gasteiger partial charge on any atom is 0.277 e. The Labute approximate surface area is 119 Å². The van der Waals surface area contributed by atoms with Crippen LogP contribution in [0.5, 0.6) is 0 Å². The predicted octanol–water partition coefficient (Wildman–Crippen LogP) is 3.36. The number of rotatable bonds is 3. The van der Waals surface area contributed by atoms with Crippen LogP contribution in [-0.4, -0.2) is 16.0 Å². The molecule has 0 atom stereocenters. The molecule has 0 radical (unpaired) electrons. The number of anilines is 1. The summed E-state index contributed by atoms with van der Waals surface area (Å²) in [6, 6.07) is 11.3. The van der Waals surface area contributed by atoms with E-state index in [0.717, 1.165) is 10.4 Å². The van der Waals surface area contributed by atoms with Gasteiger partial charge in [0.2, 0.25) is 0 Å². The maximum atomic E-state index is 12.2. The highest BCUT2D eigenvalue weighted by Gasteiger charge is 2.17. The van der Waals surface area contributed by atoms with E-state index >= 15 is 0 Å². The van der Waals surface area contributed by atoms with E-state index in [1.54, 1.807) is 18.5 Å². The van der Waals surface area contributed by atoms with Crippen LogP contribution in [0.25, 0.3) is 10.4 Å². The summed E-state index contributed by atoms with van der Waals surface area (Å²) in [5.74, 6) is 0.736. The fraction of sp³-hybridized carbons (Fsp3) is 0.0714. The first-order valence-corrected chi connectivity index (χ1v) is 6.85. The third-order valence-electron chi connectivity index (χ3n) is 2.69. The van der Waals surface area contributed by atoms with Crippen molar-refractivity contribution < 1.29 is 9.32 Å². The number of benzene rings is 1. The first-order chi connectivity index (χ1) is 9.74. The molecule has 0 saturated carbocycles. The average molecular weight is 285 g/mol. The summed E-state index contributed by atoms with van der Waals surface area (Å²) in [5, 5.41) is 6.41. The Bertz CT molecular complexity index is 734. The van der Waals surface area contributed by atoms with Crippen LogP contribution < -0.4 is 5.32 Å². The van der Waals surface area contributed by atoms with E-state index in [9.17, 15) is 4.79 Å². The Kier molecular flexibility index (Phi) is 3.30. The average Bonchev–Trinajstić information content (AvgIpc) is 3.09. The van der Waals surface area contributed by atoms with Crippen LogP contribution in [0, 0.1) is 6.92 Å². The molecule has 20 heavy (non-hydrogen) atoms. The monoisotopic (exact) mass is 285 g/mol. The number of hydrogen-bond acceptors (Lipinski definition) is 5. The van der Waals surface area contributed by atoms with Gasteiger partial charge in [-0.15, -0.1) is 11.3 Å². The zero-order chi connectivity index (χ0) is 13.9. The Balaban J connectivity index is 1.88. The van der Waals surface area contributed by atoms with E-state index < -0.39 is 0 Å². The number of nitrogens with zero attached hydrogens (tertiary/aromatic N) is 2. The van der Waals surface area contributed by atoms with Gasteiger partial charge in [0.05, 0.1) is 10.4 Å². The molecule has 3 rings (SSSR count). The van der Waals surface area contributed by atoms with E-state index in [-0.39, 0.29) is 5.91 Å². The molecule has 0 bridgehead atoms. The Morgan fingerprint density at radius 1 is 1.30 bits per heavy atom. The molecular weight excluding hydrogens is 274 g/mol. The summed E-state index contributed by atoms with van der Waals surface area (Å²) in [5.41, 5.74) is 3.02. The number of aryl methyl sites for hydroxylation is 1. The van der Waals surface area contributed by atoms with Gasteiger partial charge >= 0.3 is 0 Å². The summed E-state index contributed by atoms with van der Waals surface area (Å²) >= 11 is 1.43. The smallest absolute Gasteiger partial charge is 0.277 e. The lowest BCUT2D eigenvalue weighted by Gasteiger charge is -2.02. The molecule has 2 heterocycles. The van der Waals surface area contributed by atoms with Crippen molar-refractivity contribution in [3.05, 3.63) is 53.4 Å². The molecule has 1 amide bonds. The lowest BCUT2D eigenvalue weighted by atomic mass is 10.1. The molecule has 0 aliphatic carbocycles. The molecule has 0 saturated heterocycles. The highest BCUT2D eigenvalue weighted by molar-refractivity contribution is 7.13. The molecule has 1 N–H and O–H groups in total. The van der Waals surface area contributed by atoms with Gasteiger partial charge in [0.1, 0.15) is 11.5 Å². The van der Waals surface area contributed by atoms with E-state index in [0.29, 0.717) is 17.3 Å². The lowest BCUT2D eigenvalue weighted by molar-refractivity contribution is 0.102. The van der Waals surface area contributed by atoms with Crippen molar-refractivity contribution in [3.8, 4) is 10.4 Å². The largest absolute Gasteiger partial charge is 0.360 e. The fourth-order valence-corrected chi connectivity index (χ4v) is 2.60. The second kappa shape index (κ2) is 5.26. The minimum Gasteiger partial charge on any atom is -0.360 e. The van der Waals surface area contributed by atoms with Crippen LogP contribution in [0.1, 0.15) is 16.2 Å². The second-order valence-corrected chi connectivity index (χ2v) is 5.03. The van der Waals surface area contributed by atoms with Gasteiger partial charge in [-0.2, -0.15) is 0 Å². The number of aromatic nitrogens is 2. The second-order valence-electron chi connectivity index (χ2n) is 4.17. The standard InChI is InChI=1S/C14H11N3O2S/c1-9-7-11(17-19-9)16-14(18)12-13(20-8-15-12)10-5-3-2-4-6-10/h2-8H,1H3,(H,16,17,18). The van der Waals surface area contributed by atoms with Crippen LogP contribution >= 0.6 is 11.3 Å². The summed E-state index contributed by atoms with van der Waals surface area (Å²) in [7, 11) is 0. The Morgan fingerprint density at radius 3 is 2.80 bits per heavy atom. The molecule has 0 aliphatic rings. The van der Waals surface area contributed by atoms with E-state index in [1.807, 2.05) is 30.3 Å². The highest BCUT2D eigenvalue weighted by Crippen LogP contribution is 2.27. The van der Waals surface area contributed by atoms with Crippen molar-refractivity contribution in [2.24, 2.45) is 0 Å². The van der Waals surface area contributed by atoms with Crippen LogP contribution in [0.3, 0.4) is 0 Å². The summed E-state index contributed by atoms with van der Waals surface area (Å²) in [4.78, 5) is 17.2. The Hall–Kier alpha value is -2.47. The van der Waals surface area contributed by atoms with E-state index in [4.69, 9.17) is 4.52 Å². The molecule has 2 aromatic heterocycles. The van der Waals surface area contributed by atoms with Gasteiger partial charge in [0.25, 0.3) is 5.91 Å². The van der Waals surface area contributed by atoms with E-state index in [1.165, 1.54) is 11.3 Å². The predicted molar refractivity (Wildman–Crippen MR) is 76.7 cm³/mol. The van der Waals surface area contributed by atoms with Crippen molar-refractivity contribution in [1.82, 2.24) is 10.1 Å². The number of thiazole rings is 1. The van der Waals surface area contributed by atoms with Crippen LogP contribution in [0.15, 0.2) is 46.4 Å². The molecule has 6 heteroatoms. The topological polar surface area (TPSA) is 68.0 Å². The normalized spacial score (nSPS) is 10.4. The summed E-state index contributed by atoms with van der Waals surface area (Å²) < 4.78 is 4.92. The number of amides is 1. The van der Waals surface area contributed by atoms with Gasteiger partial charge in [0, 0.05) is 6.07 Å². The van der Waals surface area contributed by atoms with Crippen LogP contribution in [0.2, 0.25) is 0 Å². The van der Waals surface area contributed by atoms with Gasteiger partial charge in [-0.05, 0) is 12.5 Å². The molecule has 0 aliphatic heterocycles. The summed E-state index contributed by atoms with van der Waals surface area (Å²) in [6.45, 7) is 1.76. The first kappa shape index (κ1) is 12.6. The van der Waals surface area contributed by atoms with Crippen LogP contribution in [-0.2, 0) is 0 Å². The van der Waals surface area contributed by atoms with Gasteiger partial charge < -0.3 is 9.84 Å². The maximum absolute atomic E-state index is 12.2. The SMILES string of the molecule is Cc1cc(NC(=O)c2ncsc2-c2ccccc2)no1. The zero-order valence-corrected chi connectivity index (χ0v) is 11.5.